The quantitative estimate of drug-likeness (QED) is 0.554. The Labute approximate surface area is 164 Å². The van der Waals surface area contributed by atoms with E-state index in [2.05, 4.69) is 26.2 Å². The molecule has 0 saturated carbocycles. The van der Waals surface area contributed by atoms with Crippen molar-refractivity contribution >= 4 is 35.4 Å². The fourth-order valence-electron chi connectivity index (χ4n) is 2.54. The van der Waals surface area contributed by atoms with Crippen molar-refractivity contribution in [1.82, 2.24) is 30.8 Å². The molecule has 1 aromatic heterocycles. The van der Waals surface area contributed by atoms with Crippen LogP contribution < -0.4 is 10.6 Å². The third-order valence-electron chi connectivity index (χ3n) is 3.72. The predicted molar refractivity (Wildman–Crippen MR) is 99.7 cm³/mol. The van der Waals surface area contributed by atoms with E-state index in [0.717, 1.165) is 5.69 Å². The Morgan fingerprint density at radius 1 is 1.37 bits per heavy atom. The maximum absolute atomic E-state index is 12.3. The van der Waals surface area contributed by atoms with Gasteiger partial charge in [-0.2, -0.15) is 4.68 Å². The van der Waals surface area contributed by atoms with E-state index in [1.165, 1.54) is 11.8 Å². The van der Waals surface area contributed by atoms with Crippen LogP contribution in [0.15, 0.2) is 40.7 Å². The van der Waals surface area contributed by atoms with Gasteiger partial charge in [0.15, 0.2) is 0 Å². The first-order chi connectivity index (χ1) is 13.0. The van der Waals surface area contributed by atoms with Gasteiger partial charge in [0.1, 0.15) is 0 Å². The van der Waals surface area contributed by atoms with Crippen LogP contribution >= 0.6 is 23.4 Å². The number of tetrazole rings is 1. The van der Waals surface area contributed by atoms with Gasteiger partial charge in [-0.05, 0) is 48.5 Å². The third-order valence-corrected chi connectivity index (χ3v) is 4.92. The second kappa shape index (κ2) is 8.40. The minimum absolute atomic E-state index is 0.248. The van der Waals surface area contributed by atoms with Crippen LogP contribution in [0.3, 0.4) is 0 Å². The summed E-state index contributed by atoms with van der Waals surface area (Å²) in [6.45, 7) is 3.71. The van der Waals surface area contributed by atoms with Crippen molar-refractivity contribution in [3.8, 4) is 5.69 Å². The van der Waals surface area contributed by atoms with Crippen LogP contribution in [0.1, 0.15) is 13.8 Å². The fourth-order valence-corrected chi connectivity index (χ4v) is 3.53. The second-order valence-electron chi connectivity index (χ2n) is 5.57. The van der Waals surface area contributed by atoms with Crippen LogP contribution in [-0.4, -0.2) is 50.6 Å². The first kappa shape index (κ1) is 19.2. The van der Waals surface area contributed by atoms with Crippen LogP contribution in [0.5, 0.6) is 0 Å². The number of carbonyl (C=O) groups is 2. The van der Waals surface area contributed by atoms with E-state index in [-0.39, 0.29) is 12.6 Å². The molecule has 0 spiro atoms. The molecule has 3 rings (SSSR count). The zero-order valence-corrected chi connectivity index (χ0v) is 16.2. The standard InChI is InChI=1S/C16H17ClN6O3S/c1-3-26-14(24)13-9(2)18-15(25)19-12(13)8-27-16-20-21-22-23(16)11-6-4-10(17)5-7-11/h4-7,9H,3,8H2,1-2H3,(H2,18,19,25). The lowest BCUT2D eigenvalue weighted by atomic mass is 10.1. The number of rotatable bonds is 6. The average molecular weight is 409 g/mol. The van der Waals surface area contributed by atoms with Gasteiger partial charge in [0.05, 0.1) is 23.9 Å². The van der Waals surface area contributed by atoms with Gasteiger partial charge in [0.2, 0.25) is 5.16 Å². The zero-order chi connectivity index (χ0) is 19.4. The normalized spacial score (nSPS) is 16.7. The molecule has 9 nitrogen and oxygen atoms in total. The van der Waals surface area contributed by atoms with Gasteiger partial charge in [0, 0.05) is 16.5 Å². The van der Waals surface area contributed by atoms with Crippen molar-refractivity contribution < 1.29 is 14.3 Å². The molecule has 2 amide bonds. The number of hydrogen-bond donors (Lipinski definition) is 2. The van der Waals surface area contributed by atoms with E-state index in [9.17, 15) is 9.59 Å². The lowest BCUT2D eigenvalue weighted by Crippen LogP contribution is -2.49. The van der Waals surface area contributed by atoms with Gasteiger partial charge < -0.3 is 15.4 Å². The first-order valence-electron chi connectivity index (χ1n) is 8.14. The van der Waals surface area contributed by atoms with Crippen LogP contribution in [-0.2, 0) is 9.53 Å². The lowest BCUT2D eigenvalue weighted by Gasteiger charge is -2.26. The third kappa shape index (κ3) is 4.40. The molecule has 0 radical (unpaired) electrons. The molecule has 0 saturated heterocycles. The Bertz CT molecular complexity index is 883. The van der Waals surface area contributed by atoms with Crippen LogP contribution in [0.4, 0.5) is 4.79 Å². The van der Waals surface area contributed by atoms with Crippen molar-refractivity contribution in [3.05, 3.63) is 40.6 Å². The van der Waals surface area contributed by atoms with Gasteiger partial charge in [-0.1, -0.05) is 23.4 Å². The summed E-state index contributed by atoms with van der Waals surface area (Å²) in [6, 6.07) is 6.23. The molecule has 0 fully saturated rings. The SMILES string of the molecule is CCOC(=O)C1=C(CSc2nnnn2-c2ccc(Cl)cc2)NC(=O)NC1C. The van der Waals surface area contributed by atoms with Crippen molar-refractivity contribution in [2.45, 2.75) is 25.0 Å². The van der Waals surface area contributed by atoms with Gasteiger partial charge in [-0.25, -0.2) is 9.59 Å². The largest absolute Gasteiger partial charge is 0.463 e. The molecule has 11 heteroatoms. The second-order valence-corrected chi connectivity index (χ2v) is 6.95. The number of hydrogen-bond acceptors (Lipinski definition) is 7. The predicted octanol–water partition coefficient (Wildman–Crippen LogP) is 1.93. The summed E-state index contributed by atoms with van der Waals surface area (Å²) in [5.74, 6) is -0.176. The van der Waals surface area contributed by atoms with Gasteiger partial charge in [-0.15, -0.1) is 5.10 Å². The molecule has 1 unspecified atom stereocenters. The highest BCUT2D eigenvalue weighted by Crippen LogP contribution is 2.24. The molecule has 2 heterocycles. The number of nitrogens with zero attached hydrogens (tertiary/aromatic N) is 4. The molecule has 1 aromatic carbocycles. The molecule has 1 aliphatic heterocycles. The van der Waals surface area contributed by atoms with E-state index in [1.807, 2.05) is 0 Å². The number of carbonyl (C=O) groups excluding carboxylic acids is 2. The topological polar surface area (TPSA) is 111 Å². The summed E-state index contributed by atoms with van der Waals surface area (Å²) in [4.78, 5) is 24.1. The molecular formula is C16H17ClN6O3S. The van der Waals surface area contributed by atoms with Gasteiger partial charge in [-0.3, -0.25) is 0 Å². The number of nitrogens with one attached hydrogen (secondary N) is 2. The number of halogens is 1. The van der Waals surface area contributed by atoms with E-state index < -0.39 is 12.0 Å². The van der Waals surface area contributed by atoms with E-state index in [4.69, 9.17) is 16.3 Å². The lowest BCUT2D eigenvalue weighted by molar-refractivity contribution is -0.138. The summed E-state index contributed by atoms with van der Waals surface area (Å²) >= 11 is 7.20. The van der Waals surface area contributed by atoms with Gasteiger partial charge >= 0.3 is 12.0 Å². The van der Waals surface area contributed by atoms with E-state index in [0.29, 0.717) is 27.2 Å². The summed E-state index contributed by atoms with van der Waals surface area (Å²) < 4.78 is 6.66. The first-order valence-corrected chi connectivity index (χ1v) is 9.50. The number of benzene rings is 1. The van der Waals surface area contributed by atoms with Crippen LogP contribution in [0.25, 0.3) is 5.69 Å². The number of esters is 1. The fraction of sp³-hybridized carbons (Fsp3) is 0.312. The Hall–Kier alpha value is -2.59. The van der Waals surface area contributed by atoms with Crippen LogP contribution in [0, 0.1) is 0 Å². The molecule has 1 aliphatic rings. The maximum Gasteiger partial charge on any atom is 0.337 e. The highest BCUT2D eigenvalue weighted by atomic mass is 35.5. The number of thioether (sulfide) groups is 1. The number of ether oxygens (including phenoxy) is 1. The number of aromatic nitrogens is 4. The van der Waals surface area contributed by atoms with Gasteiger partial charge in [0.25, 0.3) is 0 Å². The highest BCUT2D eigenvalue weighted by molar-refractivity contribution is 7.99. The summed E-state index contributed by atoms with van der Waals surface area (Å²) in [7, 11) is 0. The number of amides is 2. The minimum Gasteiger partial charge on any atom is -0.463 e. The van der Waals surface area contributed by atoms with E-state index >= 15 is 0 Å². The summed E-state index contributed by atoms with van der Waals surface area (Å²) in [5, 5.41) is 18.1. The zero-order valence-electron chi connectivity index (χ0n) is 14.6. The summed E-state index contributed by atoms with van der Waals surface area (Å²) in [6.07, 6.45) is 0. The molecule has 2 aromatic rings. The van der Waals surface area contributed by atoms with Crippen LogP contribution in [0.2, 0.25) is 5.02 Å². The highest BCUT2D eigenvalue weighted by Gasteiger charge is 2.30. The molecule has 1 atom stereocenters. The Morgan fingerprint density at radius 3 is 2.81 bits per heavy atom. The molecule has 0 aliphatic carbocycles. The average Bonchev–Trinajstić information content (AvgIpc) is 3.08. The minimum atomic E-state index is -0.467. The molecule has 142 valence electrons. The van der Waals surface area contributed by atoms with Crippen molar-refractivity contribution in [1.29, 1.82) is 0 Å². The Kier molecular flexibility index (Phi) is 5.97. The maximum atomic E-state index is 12.3. The molecule has 27 heavy (non-hydrogen) atoms. The monoisotopic (exact) mass is 408 g/mol. The molecular weight excluding hydrogens is 392 g/mol. The Balaban J connectivity index is 1.83. The summed E-state index contributed by atoms with van der Waals surface area (Å²) in [5.41, 5.74) is 1.60. The number of urea groups is 1. The van der Waals surface area contributed by atoms with Crippen molar-refractivity contribution in [2.75, 3.05) is 12.4 Å². The van der Waals surface area contributed by atoms with Crippen molar-refractivity contribution in [3.63, 3.8) is 0 Å². The smallest absolute Gasteiger partial charge is 0.337 e. The molecule has 0 bridgehead atoms. The van der Waals surface area contributed by atoms with E-state index in [1.54, 1.807) is 42.8 Å². The van der Waals surface area contributed by atoms with Crippen molar-refractivity contribution in [2.24, 2.45) is 0 Å². The molecule has 2 N–H and O–H groups in total. The Morgan fingerprint density at radius 2 is 2.11 bits per heavy atom.